The van der Waals surface area contributed by atoms with Gasteiger partial charge in [0, 0.05) is 17.2 Å². The number of methoxy groups -OCH3 is 1. The molecule has 0 amide bonds. The summed E-state index contributed by atoms with van der Waals surface area (Å²) >= 11 is 11.8. The van der Waals surface area contributed by atoms with Crippen LogP contribution in [-0.4, -0.2) is 12.9 Å². The predicted octanol–water partition coefficient (Wildman–Crippen LogP) is 4.78. The first-order valence-electron chi connectivity index (χ1n) is 6.27. The summed E-state index contributed by atoms with van der Waals surface area (Å²) in [7, 11) is 1.57. The zero-order valence-corrected chi connectivity index (χ0v) is 13.2. The number of hydrogen-bond acceptors (Lipinski definition) is 3. The maximum atomic E-state index is 11.4. The van der Waals surface area contributed by atoms with Crippen LogP contribution in [0.1, 0.15) is 22.8 Å². The number of ether oxygens (including phenoxy) is 2. The maximum Gasteiger partial charge on any atom is 0.159 e. The molecule has 0 bridgehead atoms. The van der Waals surface area contributed by atoms with Gasteiger partial charge in [-0.3, -0.25) is 4.79 Å². The summed E-state index contributed by atoms with van der Waals surface area (Å²) < 4.78 is 10.9. The standard InChI is InChI=1S/C16H14Cl2O3/c1-10(19)11-3-6-16(20-2)12(7-11)9-21-13-4-5-14(17)15(18)8-13/h3-8H,9H2,1-2H3. The molecule has 5 heteroatoms. The van der Waals surface area contributed by atoms with Gasteiger partial charge in [0.15, 0.2) is 5.78 Å². The van der Waals surface area contributed by atoms with Crippen LogP contribution < -0.4 is 9.47 Å². The van der Waals surface area contributed by atoms with Crippen LogP contribution in [0.2, 0.25) is 10.0 Å². The summed E-state index contributed by atoms with van der Waals surface area (Å²) in [5.41, 5.74) is 1.40. The zero-order chi connectivity index (χ0) is 15.4. The van der Waals surface area contributed by atoms with E-state index in [4.69, 9.17) is 32.7 Å². The summed E-state index contributed by atoms with van der Waals surface area (Å²) in [6.07, 6.45) is 0. The van der Waals surface area contributed by atoms with Crippen molar-refractivity contribution in [2.24, 2.45) is 0 Å². The lowest BCUT2D eigenvalue weighted by Crippen LogP contribution is -2.02. The molecule has 0 aromatic heterocycles. The largest absolute Gasteiger partial charge is 0.496 e. The Morgan fingerprint density at radius 2 is 1.86 bits per heavy atom. The minimum atomic E-state index is -0.00607. The highest BCUT2D eigenvalue weighted by Crippen LogP contribution is 2.28. The molecule has 0 heterocycles. The van der Waals surface area contributed by atoms with Gasteiger partial charge in [-0.15, -0.1) is 0 Å². The molecule has 0 unspecified atom stereocenters. The fraction of sp³-hybridized carbons (Fsp3) is 0.188. The normalized spacial score (nSPS) is 10.3. The van der Waals surface area contributed by atoms with Gasteiger partial charge in [0.25, 0.3) is 0 Å². The highest BCUT2D eigenvalue weighted by atomic mass is 35.5. The van der Waals surface area contributed by atoms with Crippen molar-refractivity contribution in [3.05, 3.63) is 57.6 Å². The van der Waals surface area contributed by atoms with Gasteiger partial charge >= 0.3 is 0 Å². The van der Waals surface area contributed by atoms with Crippen LogP contribution >= 0.6 is 23.2 Å². The average molecular weight is 325 g/mol. The lowest BCUT2D eigenvalue weighted by Gasteiger charge is -2.12. The molecule has 0 spiro atoms. The highest BCUT2D eigenvalue weighted by Gasteiger charge is 2.09. The van der Waals surface area contributed by atoms with Gasteiger partial charge in [0.1, 0.15) is 18.1 Å². The van der Waals surface area contributed by atoms with Crippen molar-refractivity contribution < 1.29 is 14.3 Å². The van der Waals surface area contributed by atoms with E-state index in [0.717, 1.165) is 5.56 Å². The van der Waals surface area contributed by atoms with Crippen molar-refractivity contribution >= 4 is 29.0 Å². The Bertz CT molecular complexity index is 669. The fourth-order valence-electron chi connectivity index (χ4n) is 1.84. The predicted molar refractivity (Wildman–Crippen MR) is 83.8 cm³/mol. The third kappa shape index (κ3) is 3.90. The molecular formula is C16H14Cl2O3. The summed E-state index contributed by atoms with van der Waals surface area (Å²) in [6.45, 7) is 1.79. The SMILES string of the molecule is COc1ccc(C(C)=O)cc1COc1ccc(Cl)c(Cl)c1. The Kier molecular flexibility index (Phi) is 5.10. The number of carbonyl (C=O) groups is 1. The van der Waals surface area contributed by atoms with Crippen molar-refractivity contribution in [1.82, 2.24) is 0 Å². The third-order valence-corrected chi connectivity index (χ3v) is 3.71. The molecule has 0 saturated carbocycles. The molecule has 0 aliphatic carbocycles. The van der Waals surface area contributed by atoms with Crippen molar-refractivity contribution in [2.45, 2.75) is 13.5 Å². The van der Waals surface area contributed by atoms with E-state index in [-0.39, 0.29) is 12.4 Å². The summed E-state index contributed by atoms with van der Waals surface area (Å²) in [5, 5.41) is 0.902. The number of Topliss-reactive ketones (excluding diaryl/α,β-unsaturated/α-hetero) is 1. The molecule has 3 nitrogen and oxygen atoms in total. The third-order valence-electron chi connectivity index (χ3n) is 2.97. The Hall–Kier alpha value is -1.71. The van der Waals surface area contributed by atoms with E-state index in [0.29, 0.717) is 27.1 Å². The van der Waals surface area contributed by atoms with Gasteiger partial charge in [-0.25, -0.2) is 0 Å². The quantitative estimate of drug-likeness (QED) is 0.742. The number of halogens is 2. The Morgan fingerprint density at radius 1 is 1.10 bits per heavy atom. The van der Waals surface area contributed by atoms with Gasteiger partial charge in [-0.1, -0.05) is 23.2 Å². The molecule has 21 heavy (non-hydrogen) atoms. The summed E-state index contributed by atoms with van der Waals surface area (Å²) in [4.78, 5) is 11.4. The van der Waals surface area contributed by atoms with Crippen LogP contribution in [0.15, 0.2) is 36.4 Å². The lowest BCUT2D eigenvalue weighted by molar-refractivity contribution is 0.101. The fourth-order valence-corrected chi connectivity index (χ4v) is 2.13. The van der Waals surface area contributed by atoms with Gasteiger partial charge < -0.3 is 9.47 Å². The maximum absolute atomic E-state index is 11.4. The highest BCUT2D eigenvalue weighted by molar-refractivity contribution is 6.42. The van der Waals surface area contributed by atoms with Crippen molar-refractivity contribution in [1.29, 1.82) is 0 Å². The van der Waals surface area contributed by atoms with Crippen molar-refractivity contribution in [3.63, 3.8) is 0 Å². The van der Waals surface area contributed by atoms with E-state index < -0.39 is 0 Å². The number of hydrogen-bond donors (Lipinski definition) is 0. The second-order valence-electron chi connectivity index (χ2n) is 4.45. The van der Waals surface area contributed by atoms with Crippen LogP contribution in [0.3, 0.4) is 0 Å². The minimum Gasteiger partial charge on any atom is -0.496 e. The summed E-state index contributed by atoms with van der Waals surface area (Å²) in [5.74, 6) is 1.26. The van der Waals surface area contributed by atoms with E-state index in [1.807, 2.05) is 0 Å². The molecule has 2 aromatic carbocycles. The minimum absolute atomic E-state index is 0.00607. The monoisotopic (exact) mass is 324 g/mol. The summed E-state index contributed by atoms with van der Waals surface area (Å²) in [6, 6.07) is 10.3. The van der Waals surface area contributed by atoms with E-state index in [1.165, 1.54) is 6.92 Å². The second kappa shape index (κ2) is 6.83. The number of ketones is 1. The van der Waals surface area contributed by atoms with Crippen LogP contribution in [0, 0.1) is 0 Å². The number of rotatable bonds is 5. The van der Waals surface area contributed by atoms with E-state index in [1.54, 1.807) is 43.5 Å². The molecule has 0 atom stereocenters. The van der Waals surface area contributed by atoms with Crippen molar-refractivity contribution in [2.75, 3.05) is 7.11 Å². The van der Waals surface area contributed by atoms with Crippen molar-refractivity contribution in [3.8, 4) is 11.5 Å². The molecule has 110 valence electrons. The molecule has 2 aromatic rings. The van der Waals surface area contributed by atoms with E-state index in [9.17, 15) is 4.79 Å². The van der Waals surface area contributed by atoms with Gasteiger partial charge in [-0.2, -0.15) is 0 Å². The topological polar surface area (TPSA) is 35.5 Å². The smallest absolute Gasteiger partial charge is 0.159 e. The Balaban J connectivity index is 2.19. The number of benzene rings is 2. The lowest BCUT2D eigenvalue weighted by atomic mass is 10.1. The van der Waals surface area contributed by atoms with Gasteiger partial charge in [0.2, 0.25) is 0 Å². The molecule has 2 rings (SSSR count). The number of carbonyl (C=O) groups excluding carboxylic acids is 1. The first-order valence-corrected chi connectivity index (χ1v) is 7.02. The Morgan fingerprint density at radius 3 is 2.48 bits per heavy atom. The van der Waals surface area contributed by atoms with E-state index >= 15 is 0 Å². The first kappa shape index (κ1) is 15.7. The molecule has 0 radical (unpaired) electrons. The molecule has 0 aliphatic rings. The van der Waals surface area contributed by atoms with Crippen LogP contribution in [0.5, 0.6) is 11.5 Å². The van der Waals surface area contributed by atoms with Crippen LogP contribution in [0.4, 0.5) is 0 Å². The van der Waals surface area contributed by atoms with Crippen LogP contribution in [0.25, 0.3) is 0 Å². The molecular weight excluding hydrogens is 311 g/mol. The van der Waals surface area contributed by atoms with E-state index in [2.05, 4.69) is 0 Å². The molecule has 0 N–H and O–H groups in total. The average Bonchev–Trinajstić information content (AvgIpc) is 2.48. The molecule has 0 aliphatic heterocycles. The van der Waals surface area contributed by atoms with Crippen LogP contribution in [-0.2, 0) is 6.61 Å². The zero-order valence-electron chi connectivity index (χ0n) is 11.7. The molecule has 0 fully saturated rings. The van der Waals surface area contributed by atoms with Gasteiger partial charge in [0.05, 0.1) is 17.2 Å². The van der Waals surface area contributed by atoms with Gasteiger partial charge in [-0.05, 0) is 37.3 Å². The Labute approximate surface area is 133 Å². The molecule has 0 saturated heterocycles. The second-order valence-corrected chi connectivity index (χ2v) is 5.26. The first-order chi connectivity index (χ1) is 10.0.